The second-order valence-corrected chi connectivity index (χ2v) is 6.61. The zero-order valence-corrected chi connectivity index (χ0v) is 14.1. The van der Waals surface area contributed by atoms with Gasteiger partial charge in [0.25, 0.3) is 5.91 Å². The second kappa shape index (κ2) is 7.66. The number of benzene rings is 1. The lowest BCUT2D eigenvalue weighted by molar-refractivity contribution is -0.122. The third kappa shape index (κ3) is 4.26. The van der Waals surface area contributed by atoms with E-state index in [1.54, 1.807) is 0 Å². The highest BCUT2D eigenvalue weighted by atomic mass is 16.5. The number of carbonyl (C=O) groups is 2. The molecule has 2 amide bonds. The van der Waals surface area contributed by atoms with E-state index >= 15 is 0 Å². The van der Waals surface area contributed by atoms with Crippen LogP contribution in [0.25, 0.3) is 0 Å². The van der Waals surface area contributed by atoms with E-state index in [0.29, 0.717) is 23.8 Å². The Bertz CT molecular complexity index is 612. The van der Waals surface area contributed by atoms with Crippen molar-refractivity contribution in [2.45, 2.75) is 38.6 Å². The Kier molecular flexibility index (Phi) is 5.35. The summed E-state index contributed by atoms with van der Waals surface area (Å²) in [7, 11) is 0. The minimum Gasteiger partial charge on any atom is -0.482 e. The lowest BCUT2D eigenvalue weighted by atomic mass is 9.93. The quantitative estimate of drug-likeness (QED) is 0.771. The van der Waals surface area contributed by atoms with Crippen molar-refractivity contribution in [1.82, 2.24) is 10.6 Å². The predicted molar refractivity (Wildman–Crippen MR) is 92.0 cm³/mol. The Labute approximate surface area is 142 Å². The van der Waals surface area contributed by atoms with Gasteiger partial charge < -0.3 is 20.7 Å². The van der Waals surface area contributed by atoms with Crippen LogP contribution in [-0.4, -0.2) is 31.5 Å². The number of rotatable bonds is 5. The van der Waals surface area contributed by atoms with Gasteiger partial charge in [0.2, 0.25) is 5.91 Å². The average Bonchev–Trinajstić information content (AvgIpc) is 2.60. The van der Waals surface area contributed by atoms with Gasteiger partial charge in [0.15, 0.2) is 6.61 Å². The summed E-state index contributed by atoms with van der Waals surface area (Å²) in [5.74, 6) is 1.25. The summed E-state index contributed by atoms with van der Waals surface area (Å²) in [6, 6.07) is 5.52. The summed E-state index contributed by atoms with van der Waals surface area (Å²) in [5.41, 5.74) is 1.62. The number of fused-ring (bicyclic) bond motifs is 1. The molecule has 6 nitrogen and oxygen atoms in total. The van der Waals surface area contributed by atoms with Crippen molar-refractivity contribution in [1.29, 1.82) is 0 Å². The van der Waals surface area contributed by atoms with E-state index in [9.17, 15) is 9.59 Å². The molecule has 1 atom stereocenters. The molecule has 1 aromatic rings. The molecule has 130 valence electrons. The number of hydrogen-bond donors (Lipinski definition) is 3. The molecule has 1 saturated heterocycles. The Hall–Kier alpha value is -2.08. The van der Waals surface area contributed by atoms with Gasteiger partial charge in [-0.15, -0.1) is 0 Å². The molecule has 2 aliphatic rings. The number of nitrogens with one attached hydrogen (secondary N) is 3. The Balaban J connectivity index is 1.52. The van der Waals surface area contributed by atoms with Crippen molar-refractivity contribution in [3.05, 3.63) is 23.8 Å². The summed E-state index contributed by atoms with van der Waals surface area (Å²) in [6.45, 7) is 4.13. The fourth-order valence-electron chi connectivity index (χ4n) is 3.27. The van der Waals surface area contributed by atoms with E-state index < -0.39 is 0 Å². The molecule has 2 heterocycles. The van der Waals surface area contributed by atoms with Gasteiger partial charge in [0.1, 0.15) is 5.75 Å². The first kappa shape index (κ1) is 16.8. The normalized spacial score (nSPS) is 19.0. The molecule has 1 aromatic carbocycles. The van der Waals surface area contributed by atoms with Crippen molar-refractivity contribution < 1.29 is 14.3 Å². The zero-order chi connectivity index (χ0) is 16.9. The molecule has 0 saturated carbocycles. The minimum absolute atomic E-state index is 0.0509. The van der Waals surface area contributed by atoms with Crippen LogP contribution in [0, 0.1) is 5.92 Å². The van der Waals surface area contributed by atoms with Gasteiger partial charge in [-0.1, -0.05) is 6.07 Å². The highest BCUT2D eigenvalue weighted by Gasteiger charge is 2.19. The summed E-state index contributed by atoms with van der Waals surface area (Å²) in [5, 5.41) is 9.18. The van der Waals surface area contributed by atoms with Crippen molar-refractivity contribution in [3.63, 3.8) is 0 Å². The molecule has 0 radical (unpaired) electrons. The highest BCUT2D eigenvalue weighted by Crippen LogP contribution is 2.30. The Morgan fingerprint density at radius 3 is 2.96 bits per heavy atom. The number of anilines is 1. The van der Waals surface area contributed by atoms with Gasteiger partial charge in [0, 0.05) is 6.42 Å². The van der Waals surface area contributed by atoms with Gasteiger partial charge in [-0.25, -0.2) is 0 Å². The van der Waals surface area contributed by atoms with E-state index in [1.807, 2.05) is 25.1 Å². The molecular weight excluding hydrogens is 306 g/mol. The Morgan fingerprint density at radius 1 is 1.38 bits per heavy atom. The molecule has 0 spiro atoms. The van der Waals surface area contributed by atoms with Crippen LogP contribution in [0.15, 0.2) is 18.2 Å². The molecule has 6 heteroatoms. The molecule has 1 unspecified atom stereocenters. The molecule has 1 fully saturated rings. The summed E-state index contributed by atoms with van der Waals surface area (Å²) in [4.78, 5) is 23.6. The average molecular weight is 331 g/mol. The predicted octanol–water partition coefficient (Wildman–Crippen LogP) is 1.97. The largest absolute Gasteiger partial charge is 0.482 e. The summed E-state index contributed by atoms with van der Waals surface area (Å²) >= 11 is 0. The molecule has 2 aliphatic heterocycles. The first-order valence-electron chi connectivity index (χ1n) is 8.68. The maximum absolute atomic E-state index is 12.2. The van der Waals surface area contributed by atoms with E-state index in [2.05, 4.69) is 16.0 Å². The van der Waals surface area contributed by atoms with Crippen molar-refractivity contribution in [3.8, 4) is 5.75 Å². The number of amides is 2. The van der Waals surface area contributed by atoms with Crippen LogP contribution in [0.1, 0.15) is 44.2 Å². The maximum Gasteiger partial charge on any atom is 0.262 e. The lowest BCUT2D eigenvalue weighted by Crippen LogP contribution is -2.30. The van der Waals surface area contributed by atoms with Crippen LogP contribution >= 0.6 is 0 Å². The smallest absolute Gasteiger partial charge is 0.262 e. The molecule has 0 aliphatic carbocycles. The third-order valence-electron chi connectivity index (χ3n) is 4.75. The molecule has 0 bridgehead atoms. The van der Waals surface area contributed by atoms with Crippen LogP contribution in [0.4, 0.5) is 5.69 Å². The van der Waals surface area contributed by atoms with Crippen molar-refractivity contribution >= 4 is 17.5 Å². The highest BCUT2D eigenvalue weighted by molar-refractivity contribution is 5.95. The zero-order valence-electron chi connectivity index (χ0n) is 14.1. The van der Waals surface area contributed by atoms with Crippen molar-refractivity contribution in [2.75, 3.05) is 25.0 Å². The molecule has 0 aromatic heterocycles. The standard InChI is InChI=1S/C18H25N3O3/c1-12(20-17(22)5-2-13-6-8-19-9-7-13)14-3-4-16-15(10-14)21-18(23)11-24-16/h3-4,10,12-13,19H,2,5-9,11H2,1H3,(H,20,22)(H,21,23). The first-order valence-corrected chi connectivity index (χ1v) is 8.68. The SMILES string of the molecule is CC(NC(=O)CCC1CCNCC1)c1ccc2c(c1)NC(=O)CO2. The summed E-state index contributed by atoms with van der Waals surface area (Å²) in [6.07, 6.45) is 3.84. The van der Waals surface area contributed by atoms with Gasteiger partial charge in [-0.2, -0.15) is 0 Å². The fourth-order valence-corrected chi connectivity index (χ4v) is 3.27. The number of hydrogen-bond acceptors (Lipinski definition) is 4. The van der Waals surface area contributed by atoms with Gasteiger partial charge in [-0.3, -0.25) is 9.59 Å². The van der Waals surface area contributed by atoms with E-state index in [-0.39, 0.29) is 24.5 Å². The number of ether oxygens (including phenoxy) is 1. The van der Waals surface area contributed by atoms with Crippen LogP contribution in [0.5, 0.6) is 5.75 Å². The van der Waals surface area contributed by atoms with Crippen LogP contribution < -0.4 is 20.7 Å². The monoisotopic (exact) mass is 331 g/mol. The molecule has 3 rings (SSSR count). The van der Waals surface area contributed by atoms with Gasteiger partial charge >= 0.3 is 0 Å². The number of carbonyl (C=O) groups excluding carboxylic acids is 2. The minimum atomic E-state index is -0.154. The van der Waals surface area contributed by atoms with E-state index in [1.165, 1.54) is 0 Å². The first-order chi connectivity index (χ1) is 11.6. The molecule has 24 heavy (non-hydrogen) atoms. The van der Waals surface area contributed by atoms with Crippen molar-refractivity contribution in [2.24, 2.45) is 5.92 Å². The molecule has 3 N–H and O–H groups in total. The fraction of sp³-hybridized carbons (Fsp3) is 0.556. The van der Waals surface area contributed by atoms with Gasteiger partial charge in [0.05, 0.1) is 11.7 Å². The van der Waals surface area contributed by atoms with Crippen LogP contribution in [0.3, 0.4) is 0 Å². The third-order valence-corrected chi connectivity index (χ3v) is 4.75. The second-order valence-electron chi connectivity index (χ2n) is 6.61. The number of piperidine rings is 1. The van der Waals surface area contributed by atoms with E-state index in [4.69, 9.17) is 4.74 Å². The summed E-state index contributed by atoms with van der Waals surface area (Å²) < 4.78 is 5.35. The van der Waals surface area contributed by atoms with E-state index in [0.717, 1.165) is 37.9 Å². The molecular formula is C18H25N3O3. The maximum atomic E-state index is 12.2. The van der Waals surface area contributed by atoms with Crippen LogP contribution in [-0.2, 0) is 9.59 Å². The van der Waals surface area contributed by atoms with Crippen LogP contribution in [0.2, 0.25) is 0 Å². The Morgan fingerprint density at radius 2 is 2.17 bits per heavy atom. The van der Waals surface area contributed by atoms with Gasteiger partial charge in [-0.05, 0) is 62.9 Å². The lowest BCUT2D eigenvalue weighted by Gasteiger charge is -2.23. The topological polar surface area (TPSA) is 79.5 Å².